The average molecular weight is 421 g/mol. The van der Waals surface area contributed by atoms with Gasteiger partial charge in [0.25, 0.3) is 0 Å². The third-order valence-corrected chi connectivity index (χ3v) is 4.39. The van der Waals surface area contributed by atoms with Gasteiger partial charge in [-0.2, -0.15) is 13.2 Å². The fraction of sp³-hybridized carbons (Fsp3) is 0.200. The number of carbonyl (C=O) groups excluding carboxylic acids is 1. The highest BCUT2D eigenvalue weighted by Gasteiger charge is 2.36. The molecule has 0 aliphatic rings. The summed E-state index contributed by atoms with van der Waals surface area (Å²) in [5, 5.41) is 9.17. The van der Waals surface area contributed by atoms with Gasteiger partial charge in [-0.05, 0) is 17.7 Å². The summed E-state index contributed by atoms with van der Waals surface area (Å²) in [6, 6.07) is 8.85. The summed E-state index contributed by atoms with van der Waals surface area (Å²) in [5.74, 6) is -0.907. The molecule has 0 radical (unpaired) electrons. The van der Waals surface area contributed by atoms with Crippen LogP contribution in [-0.2, 0) is 22.3 Å². The van der Waals surface area contributed by atoms with E-state index in [0.29, 0.717) is 23.9 Å². The van der Waals surface area contributed by atoms with E-state index in [9.17, 15) is 23.2 Å². The summed E-state index contributed by atoms with van der Waals surface area (Å²) in [6.45, 7) is 0.436. The van der Waals surface area contributed by atoms with E-state index in [1.165, 1.54) is 12.5 Å². The quantitative estimate of drug-likeness (QED) is 0.456. The van der Waals surface area contributed by atoms with Crippen LogP contribution >= 0.6 is 0 Å². The molecule has 7 nitrogen and oxygen atoms in total. The van der Waals surface area contributed by atoms with Gasteiger partial charge in [-0.3, -0.25) is 10.7 Å². The van der Waals surface area contributed by atoms with Crippen molar-refractivity contribution in [3.8, 4) is 16.9 Å². The molecule has 2 aromatic carbocycles. The molecule has 1 heterocycles. The van der Waals surface area contributed by atoms with Crippen LogP contribution < -0.4 is 5.48 Å². The molecule has 158 valence electrons. The molecule has 0 fully saturated rings. The first kappa shape index (κ1) is 21.3. The van der Waals surface area contributed by atoms with Crippen LogP contribution in [0.5, 0.6) is 0 Å². The lowest BCUT2D eigenvalue weighted by Gasteiger charge is -2.17. The molecule has 0 spiro atoms. The van der Waals surface area contributed by atoms with Crippen LogP contribution in [-0.4, -0.2) is 34.9 Å². The Morgan fingerprint density at radius 3 is 2.47 bits per heavy atom. The fourth-order valence-electron chi connectivity index (χ4n) is 2.94. The van der Waals surface area contributed by atoms with Crippen LogP contribution in [0, 0.1) is 0 Å². The number of rotatable bonds is 6. The number of ether oxygens (including phenoxy) is 2. The van der Waals surface area contributed by atoms with Crippen molar-refractivity contribution in [2.75, 3.05) is 19.7 Å². The molecule has 0 amide bonds. The second-order valence-electron chi connectivity index (χ2n) is 6.31. The van der Waals surface area contributed by atoms with E-state index < -0.39 is 23.4 Å². The van der Waals surface area contributed by atoms with Crippen LogP contribution in [0.15, 0.2) is 48.9 Å². The van der Waals surface area contributed by atoms with Gasteiger partial charge in [0.05, 0.1) is 48.2 Å². The number of nitrogens with zero attached hydrogens (tertiary/aromatic N) is 2. The van der Waals surface area contributed by atoms with Crippen molar-refractivity contribution >= 4 is 11.7 Å². The standard InChI is InChI=1S/C20H18F3N3O4/c1-29-10-12-3-5-13(6-4-12)17-9-26(11-24-17)18-7-14(19(27)30-2)16(25-28)8-15(18)20(21,22)23/h3-9,11,25,28H,10H2,1-2H3. The number of aromatic nitrogens is 2. The summed E-state index contributed by atoms with van der Waals surface area (Å²) in [4.78, 5) is 16.1. The van der Waals surface area contributed by atoms with Crippen molar-refractivity contribution in [1.82, 2.24) is 9.55 Å². The lowest BCUT2D eigenvalue weighted by atomic mass is 10.1. The lowest BCUT2D eigenvalue weighted by molar-refractivity contribution is -0.137. The first-order chi connectivity index (χ1) is 14.3. The summed E-state index contributed by atoms with van der Waals surface area (Å²) in [6.07, 6.45) is -2.11. The van der Waals surface area contributed by atoms with Crippen LogP contribution in [0.4, 0.5) is 18.9 Å². The Labute approximate surface area is 169 Å². The number of hydrogen-bond donors (Lipinski definition) is 2. The number of methoxy groups -OCH3 is 2. The van der Waals surface area contributed by atoms with Crippen LogP contribution in [0.3, 0.4) is 0 Å². The Balaban J connectivity index is 2.09. The number of benzene rings is 2. The second kappa shape index (κ2) is 8.56. The number of halogens is 3. The number of hydrogen-bond acceptors (Lipinski definition) is 6. The Morgan fingerprint density at radius 2 is 1.90 bits per heavy atom. The Hall–Kier alpha value is -3.37. The normalized spacial score (nSPS) is 11.4. The molecular formula is C20H18F3N3O4. The number of imidazole rings is 1. The molecule has 0 bridgehead atoms. The van der Waals surface area contributed by atoms with Crippen LogP contribution in [0.2, 0.25) is 0 Å². The third kappa shape index (κ3) is 4.29. The highest BCUT2D eigenvalue weighted by Crippen LogP contribution is 2.37. The van der Waals surface area contributed by atoms with E-state index in [1.54, 1.807) is 24.7 Å². The van der Waals surface area contributed by atoms with Crippen LogP contribution in [0.25, 0.3) is 16.9 Å². The largest absolute Gasteiger partial charge is 0.465 e. The summed E-state index contributed by atoms with van der Waals surface area (Å²) in [7, 11) is 2.66. The molecule has 0 aliphatic heterocycles. The molecule has 0 aliphatic carbocycles. The molecule has 0 saturated heterocycles. The number of alkyl halides is 3. The number of nitrogens with one attached hydrogen (secondary N) is 1. The van der Waals surface area contributed by atoms with Gasteiger partial charge >= 0.3 is 12.1 Å². The summed E-state index contributed by atoms with van der Waals surface area (Å²) >= 11 is 0. The first-order valence-electron chi connectivity index (χ1n) is 8.64. The molecule has 2 N–H and O–H groups in total. The Kier molecular flexibility index (Phi) is 6.09. The van der Waals surface area contributed by atoms with E-state index in [-0.39, 0.29) is 11.3 Å². The Bertz CT molecular complexity index is 1050. The van der Waals surface area contributed by atoms with Gasteiger partial charge in [-0.25, -0.2) is 9.78 Å². The molecular weight excluding hydrogens is 403 g/mol. The highest BCUT2D eigenvalue weighted by molar-refractivity contribution is 5.96. The average Bonchev–Trinajstić information content (AvgIpc) is 3.22. The maximum atomic E-state index is 13.6. The van der Waals surface area contributed by atoms with Gasteiger partial charge in [0, 0.05) is 18.9 Å². The van der Waals surface area contributed by atoms with Crippen molar-refractivity contribution in [2.45, 2.75) is 12.8 Å². The highest BCUT2D eigenvalue weighted by atomic mass is 19.4. The van der Waals surface area contributed by atoms with Gasteiger partial charge in [0.2, 0.25) is 0 Å². The Morgan fingerprint density at radius 1 is 1.20 bits per heavy atom. The van der Waals surface area contributed by atoms with E-state index in [4.69, 9.17) is 4.74 Å². The minimum Gasteiger partial charge on any atom is -0.465 e. The van der Waals surface area contributed by atoms with E-state index in [1.807, 2.05) is 12.1 Å². The predicted octanol–water partition coefficient (Wildman–Crippen LogP) is 4.29. The zero-order valence-electron chi connectivity index (χ0n) is 16.0. The van der Waals surface area contributed by atoms with Crippen molar-refractivity contribution in [2.24, 2.45) is 0 Å². The fourth-order valence-corrected chi connectivity index (χ4v) is 2.94. The molecule has 3 aromatic rings. The SMILES string of the molecule is COCc1ccc(-c2cn(-c3cc(C(=O)OC)c(NO)cc3C(F)(F)F)cn2)cc1. The van der Waals surface area contributed by atoms with E-state index in [0.717, 1.165) is 23.3 Å². The first-order valence-corrected chi connectivity index (χ1v) is 8.64. The minimum absolute atomic E-state index is 0.262. The predicted molar refractivity (Wildman–Crippen MR) is 101 cm³/mol. The number of anilines is 1. The minimum atomic E-state index is -4.75. The molecule has 1 aromatic heterocycles. The smallest absolute Gasteiger partial charge is 0.418 e. The third-order valence-electron chi connectivity index (χ3n) is 4.39. The van der Waals surface area contributed by atoms with Gasteiger partial charge in [-0.15, -0.1) is 0 Å². The summed E-state index contributed by atoms with van der Waals surface area (Å²) < 4.78 is 51.7. The second-order valence-corrected chi connectivity index (χ2v) is 6.31. The van der Waals surface area contributed by atoms with E-state index in [2.05, 4.69) is 9.72 Å². The maximum absolute atomic E-state index is 13.6. The van der Waals surface area contributed by atoms with Gasteiger partial charge in [-0.1, -0.05) is 24.3 Å². The molecule has 0 unspecified atom stereocenters. The molecule has 0 atom stereocenters. The van der Waals surface area contributed by atoms with Crippen molar-refractivity contribution in [3.63, 3.8) is 0 Å². The van der Waals surface area contributed by atoms with Crippen molar-refractivity contribution in [3.05, 3.63) is 65.6 Å². The molecule has 30 heavy (non-hydrogen) atoms. The molecule has 0 saturated carbocycles. The molecule has 10 heteroatoms. The molecule has 3 rings (SSSR count). The zero-order chi connectivity index (χ0) is 21.9. The van der Waals surface area contributed by atoms with Gasteiger partial charge in [0.1, 0.15) is 0 Å². The maximum Gasteiger partial charge on any atom is 0.418 e. The summed E-state index contributed by atoms with van der Waals surface area (Å²) in [5.41, 5.74) is 1.61. The zero-order valence-corrected chi connectivity index (χ0v) is 16.0. The van der Waals surface area contributed by atoms with Gasteiger partial charge in [0.15, 0.2) is 0 Å². The van der Waals surface area contributed by atoms with Crippen molar-refractivity contribution < 1.29 is 32.6 Å². The lowest BCUT2D eigenvalue weighted by Crippen LogP contribution is -2.14. The van der Waals surface area contributed by atoms with E-state index >= 15 is 0 Å². The number of carbonyl (C=O) groups is 1. The monoisotopic (exact) mass is 421 g/mol. The van der Waals surface area contributed by atoms with Crippen molar-refractivity contribution in [1.29, 1.82) is 0 Å². The van der Waals surface area contributed by atoms with Gasteiger partial charge < -0.3 is 14.0 Å². The number of esters is 1. The topological polar surface area (TPSA) is 85.6 Å². The van der Waals surface area contributed by atoms with Crippen LogP contribution in [0.1, 0.15) is 21.5 Å².